The van der Waals surface area contributed by atoms with Gasteiger partial charge in [-0.15, -0.1) is 12.4 Å². The first-order chi connectivity index (χ1) is 12.1. The molecule has 1 atom stereocenters. The van der Waals surface area contributed by atoms with Crippen LogP contribution in [0.2, 0.25) is 0 Å². The second-order valence-corrected chi connectivity index (χ2v) is 5.98. The van der Waals surface area contributed by atoms with E-state index in [9.17, 15) is 9.59 Å². The fourth-order valence-corrected chi connectivity index (χ4v) is 2.80. The van der Waals surface area contributed by atoms with Crippen LogP contribution in [0.15, 0.2) is 48.5 Å². The van der Waals surface area contributed by atoms with E-state index in [-0.39, 0.29) is 24.4 Å². The fourth-order valence-electron chi connectivity index (χ4n) is 2.80. The fraction of sp³-hybridized carbons (Fsp3) is 0.263. The summed E-state index contributed by atoms with van der Waals surface area (Å²) in [7, 11) is 0. The van der Waals surface area contributed by atoms with Crippen molar-refractivity contribution in [1.29, 1.82) is 0 Å². The van der Waals surface area contributed by atoms with Crippen molar-refractivity contribution in [2.24, 2.45) is 5.73 Å². The molecule has 138 valence electrons. The Labute approximate surface area is 158 Å². The van der Waals surface area contributed by atoms with Gasteiger partial charge in [0.15, 0.2) is 0 Å². The minimum Gasteiger partial charge on any atom is -0.457 e. The number of amides is 2. The molecule has 0 saturated carbocycles. The Morgan fingerprint density at radius 1 is 1.08 bits per heavy atom. The molecule has 2 amide bonds. The maximum atomic E-state index is 12.2. The molecule has 0 aliphatic carbocycles. The highest BCUT2D eigenvalue weighted by Gasteiger charge is 2.20. The number of ether oxygens (including phenoxy) is 1. The van der Waals surface area contributed by atoms with Gasteiger partial charge >= 0.3 is 0 Å². The van der Waals surface area contributed by atoms with Crippen LogP contribution in [0, 0.1) is 0 Å². The number of nitrogens with two attached hydrogens (primary N) is 1. The Morgan fingerprint density at radius 2 is 1.81 bits per heavy atom. The van der Waals surface area contributed by atoms with Gasteiger partial charge in [-0.2, -0.15) is 0 Å². The molecule has 1 fully saturated rings. The molecule has 0 spiro atoms. The second-order valence-electron chi connectivity index (χ2n) is 5.98. The number of primary amides is 1. The largest absolute Gasteiger partial charge is 0.457 e. The summed E-state index contributed by atoms with van der Waals surface area (Å²) in [5.74, 6) is 0.396. The van der Waals surface area contributed by atoms with E-state index in [1.807, 2.05) is 0 Å². The van der Waals surface area contributed by atoms with Crippen molar-refractivity contribution in [1.82, 2.24) is 5.32 Å². The maximum absolute atomic E-state index is 12.2. The SMILES string of the molecule is Cl.NC(=O)c1ccccc1Oc1ccc(NC(=O)C2CCCCN2)cc1. The predicted molar refractivity (Wildman–Crippen MR) is 103 cm³/mol. The van der Waals surface area contributed by atoms with E-state index >= 15 is 0 Å². The normalized spacial score (nSPS) is 16.2. The molecule has 2 aromatic carbocycles. The summed E-state index contributed by atoms with van der Waals surface area (Å²) >= 11 is 0. The zero-order chi connectivity index (χ0) is 17.6. The number of para-hydroxylation sites is 1. The monoisotopic (exact) mass is 375 g/mol. The number of benzene rings is 2. The quantitative estimate of drug-likeness (QED) is 0.748. The van der Waals surface area contributed by atoms with Crippen molar-refractivity contribution in [2.75, 3.05) is 11.9 Å². The topological polar surface area (TPSA) is 93.5 Å². The number of hydrogen-bond donors (Lipinski definition) is 3. The maximum Gasteiger partial charge on any atom is 0.252 e. The molecule has 4 N–H and O–H groups in total. The summed E-state index contributed by atoms with van der Waals surface area (Å²) in [5.41, 5.74) is 6.37. The molecular weight excluding hydrogens is 354 g/mol. The summed E-state index contributed by atoms with van der Waals surface area (Å²) in [5, 5.41) is 6.12. The minimum absolute atomic E-state index is 0. The molecule has 0 bridgehead atoms. The first-order valence-electron chi connectivity index (χ1n) is 8.34. The molecule has 3 rings (SSSR count). The standard InChI is InChI=1S/C19H21N3O3.ClH/c20-18(23)15-5-1-2-7-17(15)25-14-10-8-13(9-11-14)22-19(24)16-6-3-4-12-21-16;/h1-2,5,7-11,16,21H,3-4,6,12H2,(H2,20,23)(H,22,24);1H. The molecule has 26 heavy (non-hydrogen) atoms. The minimum atomic E-state index is -0.542. The molecule has 2 aromatic rings. The van der Waals surface area contributed by atoms with Gasteiger partial charge in [0.25, 0.3) is 5.91 Å². The Morgan fingerprint density at radius 3 is 2.46 bits per heavy atom. The van der Waals surface area contributed by atoms with E-state index in [0.717, 1.165) is 25.8 Å². The summed E-state index contributed by atoms with van der Waals surface area (Å²) < 4.78 is 5.72. The number of piperidine rings is 1. The van der Waals surface area contributed by atoms with Crippen LogP contribution in [0.1, 0.15) is 29.6 Å². The van der Waals surface area contributed by atoms with Gasteiger partial charge in [-0.25, -0.2) is 0 Å². The van der Waals surface area contributed by atoms with Crippen LogP contribution in [0.3, 0.4) is 0 Å². The molecule has 1 saturated heterocycles. The second kappa shape index (κ2) is 9.22. The highest BCUT2D eigenvalue weighted by atomic mass is 35.5. The van der Waals surface area contributed by atoms with Gasteiger partial charge in [-0.1, -0.05) is 18.6 Å². The molecule has 1 unspecified atom stereocenters. The lowest BCUT2D eigenvalue weighted by atomic mass is 10.0. The van der Waals surface area contributed by atoms with E-state index in [4.69, 9.17) is 10.5 Å². The zero-order valence-corrected chi connectivity index (χ0v) is 15.1. The van der Waals surface area contributed by atoms with Crippen LogP contribution < -0.4 is 21.1 Å². The first kappa shape index (κ1) is 19.8. The van der Waals surface area contributed by atoms with Gasteiger partial charge in [0.1, 0.15) is 11.5 Å². The summed E-state index contributed by atoms with van der Waals surface area (Å²) in [6.07, 6.45) is 3.04. The van der Waals surface area contributed by atoms with E-state index in [1.165, 1.54) is 0 Å². The van der Waals surface area contributed by atoms with E-state index < -0.39 is 5.91 Å². The number of carbonyl (C=O) groups excluding carboxylic acids is 2. The Hall–Kier alpha value is -2.57. The van der Waals surface area contributed by atoms with Gasteiger partial charge in [-0.05, 0) is 55.8 Å². The molecule has 1 aliphatic heterocycles. The molecule has 6 nitrogen and oxygen atoms in total. The average Bonchev–Trinajstić information content (AvgIpc) is 2.64. The van der Waals surface area contributed by atoms with Crippen LogP contribution in [-0.4, -0.2) is 24.4 Å². The molecule has 0 aromatic heterocycles. The van der Waals surface area contributed by atoms with Crippen LogP contribution in [0.5, 0.6) is 11.5 Å². The van der Waals surface area contributed by atoms with Gasteiger partial charge in [0, 0.05) is 5.69 Å². The van der Waals surface area contributed by atoms with Gasteiger partial charge in [-0.3, -0.25) is 9.59 Å². The first-order valence-corrected chi connectivity index (χ1v) is 8.34. The van der Waals surface area contributed by atoms with E-state index in [1.54, 1.807) is 48.5 Å². The van der Waals surface area contributed by atoms with Crippen molar-refractivity contribution in [3.8, 4) is 11.5 Å². The average molecular weight is 376 g/mol. The van der Waals surface area contributed by atoms with Crippen molar-refractivity contribution < 1.29 is 14.3 Å². The van der Waals surface area contributed by atoms with Crippen LogP contribution in [0.25, 0.3) is 0 Å². The van der Waals surface area contributed by atoms with Crippen LogP contribution >= 0.6 is 12.4 Å². The highest BCUT2D eigenvalue weighted by molar-refractivity contribution is 5.96. The highest BCUT2D eigenvalue weighted by Crippen LogP contribution is 2.26. The molecular formula is C19H22ClN3O3. The number of halogens is 1. The van der Waals surface area contributed by atoms with Crippen molar-refractivity contribution in [3.05, 3.63) is 54.1 Å². The lowest BCUT2D eigenvalue weighted by molar-refractivity contribution is -0.118. The lowest BCUT2D eigenvalue weighted by Crippen LogP contribution is -2.43. The summed E-state index contributed by atoms with van der Waals surface area (Å²) in [6.45, 7) is 0.879. The van der Waals surface area contributed by atoms with Crippen molar-refractivity contribution in [2.45, 2.75) is 25.3 Å². The van der Waals surface area contributed by atoms with Gasteiger partial charge in [0.2, 0.25) is 5.91 Å². The molecule has 1 heterocycles. The molecule has 0 radical (unpaired) electrons. The van der Waals surface area contributed by atoms with E-state index in [0.29, 0.717) is 22.7 Å². The number of carbonyl (C=O) groups is 2. The van der Waals surface area contributed by atoms with Crippen molar-refractivity contribution >= 4 is 29.9 Å². The molecule has 1 aliphatic rings. The van der Waals surface area contributed by atoms with E-state index in [2.05, 4.69) is 10.6 Å². The summed E-state index contributed by atoms with van der Waals surface area (Å²) in [6, 6.07) is 13.7. The number of nitrogens with one attached hydrogen (secondary N) is 2. The smallest absolute Gasteiger partial charge is 0.252 e. The zero-order valence-electron chi connectivity index (χ0n) is 14.2. The van der Waals surface area contributed by atoms with Gasteiger partial charge in [0.05, 0.1) is 11.6 Å². The number of hydrogen-bond acceptors (Lipinski definition) is 4. The van der Waals surface area contributed by atoms with Gasteiger partial charge < -0.3 is 21.1 Å². The van der Waals surface area contributed by atoms with Crippen molar-refractivity contribution in [3.63, 3.8) is 0 Å². The van der Waals surface area contributed by atoms with Crippen LogP contribution in [-0.2, 0) is 4.79 Å². The third-order valence-corrected chi connectivity index (χ3v) is 4.13. The Bertz CT molecular complexity index is 759. The Kier molecular flexibility index (Phi) is 7.00. The predicted octanol–water partition coefficient (Wildman–Crippen LogP) is 3.08. The Balaban J connectivity index is 0.00000243. The third kappa shape index (κ3) is 4.97. The number of rotatable bonds is 5. The summed E-state index contributed by atoms with van der Waals surface area (Å²) in [4.78, 5) is 23.6. The van der Waals surface area contributed by atoms with Crippen LogP contribution in [0.4, 0.5) is 5.69 Å². The number of anilines is 1. The lowest BCUT2D eigenvalue weighted by Gasteiger charge is -2.22. The molecule has 7 heteroatoms. The third-order valence-electron chi connectivity index (χ3n) is 4.13.